The van der Waals surface area contributed by atoms with E-state index >= 15 is 0 Å². The quantitative estimate of drug-likeness (QED) is 0.717. The lowest BCUT2D eigenvalue weighted by Gasteiger charge is -2.53. The van der Waals surface area contributed by atoms with Crippen molar-refractivity contribution in [3.63, 3.8) is 0 Å². The molecule has 2 saturated heterocycles. The second kappa shape index (κ2) is 8.46. The van der Waals surface area contributed by atoms with E-state index in [1.807, 2.05) is 18.2 Å². The van der Waals surface area contributed by atoms with Crippen molar-refractivity contribution in [2.75, 3.05) is 54.6 Å². The van der Waals surface area contributed by atoms with Crippen molar-refractivity contribution < 1.29 is 23.7 Å². The summed E-state index contributed by atoms with van der Waals surface area (Å²) < 4.78 is 22.6. The lowest BCUT2D eigenvalue weighted by Crippen LogP contribution is -2.65. The lowest BCUT2D eigenvalue weighted by molar-refractivity contribution is -0.200. The number of rotatable bonds is 7. The molecule has 0 saturated carbocycles. The van der Waals surface area contributed by atoms with Gasteiger partial charge in [0.25, 0.3) is 0 Å². The van der Waals surface area contributed by atoms with E-state index in [0.29, 0.717) is 6.61 Å². The molecule has 0 radical (unpaired) electrons. The standard InChI is InChI=1S/C20H30N2O5/c1-21(2)19(23)12-26-16-5-6-27-20(10-16)13-22(14-20)11-15-7-17(24-3)9-18(8-15)25-4/h7-9,16H,5-6,10-14H2,1-4H3. The van der Waals surface area contributed by atoms with Crippen molar-refractivity contribution in [2.24, 2.45) is 0 Å². The van der Waals surface area contributed by atoms with Crippen LogP contribution in [-0.4, -0.2) is 82.0 Å². The van der Waals surface area contributed by atoms with Gasteiger partial charge in [-0.2, -0.15) is 0 Å². The van der Waals surface area contributed by atoms with Gasteiger partial charge in [-0.1, -0.05) is 0 Å². The summed E-state index contributed by atoms with van der Waals surface area (Å²) in [5, 5.41) is 0. The van der Waals surface area contributed by atoms with Gasteiger partial charge in [0.15, 0.2) is 0 Å². The highest BCUT2D eigenvalue weighted by Crippen LogP contribution is 2.36. The molecule has 2 aliphatic rings. The first-order valence-electron chi connectivity index (χ1n) is 9.33. The largest absolute Gasteiger partial charge is 0.497 e. The van der Waals surface area contributed by atoms with E-state index in [9.17, 15) is 4.79 Å². The Morgan fingerprint density at radius 3 is 2.48 bits per heavy atom. The maximum atomic E-state index is 11.7. The predicted molar refractivity (Wildman–Crippen MR) is 101 cm³/mol. The van der Waals surface area contributed by atoms with Gasteiger partial charge in [-0.15, -0.1) is 0 Å². The van der Waals surface area contributed by atoms with Crippen LogP contribution >= 0.6 is 0 Å². The summed E-state index contributed by atoms with van der Waals surface area (Å²) in [6.45, 7) is 3.38. The van der Waals surface area contributed by atoms with Gasteiger partial charge in [0.2, 0.25) is 5.91 Å². The topological polar surface area (TPSA) is 60.5 Å². The van der Waals surface area contributed by atoms with E-state index in [2.05, 4.69) is 4.90 Å². The Labute approximate surface area is 161 Å². The summed E-state index contributed by atoms with van der Waals surface area (Å²) in [6.07, 6.45) is 1.77. The Morgan fingerprint density at radius 1 is 1.22 bits per heavy atom. The molecule has 2 heterocycles. The van der Waals surface area contributed by atoms with E-state index in [-0.39, 0.29) is 24.2 Å². The minimum absolute atomic E-state index is 0.00208. The molecule has 1 aromatic rings. The summed E-state index contributed by atoms with van der Waals surface area (Å²) in [6, 6.07) is 5.95. The molecular formula is C20H30N2O5. The molecule has 0 N–H and O–H groups in total. The third-order valence-corrected chi connectivity index (χ3v) is 5.23. The van der Waals surface area contributed by atoms with Gasteiger partial charge in [-0.3, -0.25) is 9.69 Å². The van der Waals surface area contributed by atoms with Crippen LogP contribution in [0.1, 0.15) is 18.4 Å². The summed E-state index contributed by atoms with van der Waals surface area (Å²) in [4.78, 5) is 15.6. The molecule has 1 aromatic carbocycles. The number of benzene rings is 1. The Kier molecular flexibility index (Phi) is 6.24. The van der Waals surface area contributed by atoms with Crippen molar-refractivity contribution in [1.82, 2.24) is 9.80 Å². The SMILES string of the molecule is COc1cc(CN2CC3(CC(OCC(=O)N(C)C)CCO3)C2)cc(OC)c1. The van der Waals surface area contributed by atoms with Gasteiger partial charge >= 0.3 is 0 Å². The van der Waals surface area contributed by atoms with Crippen LogP contribution in [0.4, 0.5) is 0 Å². The molecule has 0 aliphatic carbocycles. The van der Waals surface area contributed by atoms with Crippen molar-refractivity contribution in [2.45, 2.75) is 31.1 Å². The smallest absolute Gasteiger partial charge is 0.248 e. The van der Waals surface area contributed by atoms with Crippen LogP contribution < -0.4 is 9.47 Å². The summed E-state index contributed by atoms with van der Waals surface area (Å²) in [5.41, 5.74) is 1.01. The van der Waals surface area contributed by atoms with Gasteiger partial charge in [-0.25, -0.2) is 0 Å². The van der Waals surface area contributed by atoms with E-state index in [1.165, 1.54) is 0 Å². The molecule has 1 atom stereocenters. The number of amides is 1. The normalized spacial score (nSPS) is 21.6. The van der Waals surface area contributed by atoms with E-state index in [1.54, 1.807) is 33.2 Å². The second-order valence-electron chi connectivity index (χ2n) is 7.61. The van der Waals surface area contributed by atoms with Crippen LogP contribution in [0.3, 0.4) is 0 Å². The maximum Gasteiger partial charge on any atom is 0.248 e. The number of methoxy groups -OCH3 is 2. The number of nitrogens with zero attached hydrogens (tertiary/aromatic N) is 2. The molecule has 0 bridgehead atoms. The highest BCUT2D eigenvalue weighted by atomic mass is 16.5. The molecule has 0 aromatic heterocycles. The van der Waals surface area contributed by atoms with Gasteiger partial charge < -0.3 is 23.8 Å². The summed E-state index contributed by atoms with van der Waals surface area (Å²) >= 11 is 0. The Hall–Kier alpha value is -1.83. The van der Waals surface area contributed by atoms with E-state index in [4.69, 9.17) is 18.9 Å². The molecule has 1 amide bonds. The van der Waals surface area contributed by atoms with Crippen LogP contribution in [0.2, 0.25) is 0 Å². The number of hydrogen-bond acceptors (Lipinski definition) is 6. The molecule has 7 nitrogen and oxygen atoms in total. The molecule has 1 unspecified atom stereocenters. The number of ether oxygens (including phenoxy) is 4. The highest BCUT2D eigenvalue weighted by molar-refractivity contribution is 5.76. The summed E-state index contributed by atoms with van der Waals surface area (Å²) in [5.74, 6) is 1.60. The van der Waals surface area contributed by atoms with Crippen LogP contribution in [0, 0.1) is 0 Å². The van der Waals surface area contributed by atoms with Crippen LogP contribution in [0.5, 0.6) is 11.5 Å². The molecule has 27 heavy (non-hydrogen) atoms. The second-order valence-corrected chi connectivity index (χ2v) is 7.61. The number of likely N-dealkylation sites (N-methyl/N-ethyl adjacent to an activating group) is 1. The molecule has 150 valence electrons. The zero-order valence-electron chi connectivity index (χ0n) is 16.7. The predicted octanol–water partition coefficient (Wildman–Crippen LogP) is 1.54. The zero-order chi connectivity index (χ0) is 19.4. The fraction of sp³-hybridized carbons (Fsp3) is 0.650. The molecule has 2 aliphatic heterocycles. The van der Waals surface area contributed by atoms with Gasteiger partial charge in [0.1, 0.15) is 18.1 Å². The van der Waals surface area contributed by atoms with Crippen molar-refractivity contribution >= 4 is 5.91 Å². The molecule has 7 heteroatoms. The Bertz CT molecular complexity index is 636. The van der Waals surface area contributed by atoms with Gasteiger partial charge in [0, 0.05) is 52.8 Å². The maximum absolute atomic E-state index is 11.7. The minimum atomic E-state index is -0.146. The van der Waals surface area contributed by atoms with Gasteiger partial charge in [-0.05, 0) is 24.1 Å². The lowest BCUT2D eigenvalue weighted by atomic mass is 9.84. The Morgan fingerprint density at radius 2 is 1.89 bits per heavy atom. The highest BCUT2D eigenvalue weighted by Gasteiger charge is 2.47. The number of carbonyl (C=O) groups is 1. The van der Waals surface area contributed by atoms with E-state index in [0.717, 1.165) is 49.5 Å². The number of likely N-dealkylation sites (tertiary alicyclic amines) is 1. The number of carbonyl (C=O) groups excluding carboxylic acids is 1. The van der Waals surface area contributed by atoms with E-state index < -0.39 is 0 Å². The fourth-order valence-electron chi connectivity index (χ4n) is 3.76. The first-order valence-corrected chi connectivity index (χ1v) is 9.33. The molecule has 1 spiro atoms. The van der Waals surface area contributed by atoms with Crippen molar-refractivity contribution in [3.05, 3.63) is 23.8 Å². The Balaban J connectivity index is 1.51. The average Bonchev–Trinajstić information content (AvgIpc) is 2.64. The van der Waals surface area contributed by atoms with Crippen LogP contribution in [-0.2, 0) is 20.8 Å². The van der Waals surface area contributed by atoms with Crippen molar-refractivity contribution in [3.8, 4) is 11.5 Å². The van der Waals surface area contributed by atoms with Crippen LogP contribution in [0.15, 0.2) is 18.2 Å². The zero-order valence-corrected chi connectivity index (χ0v) is 16.7. The molecule has 2 fully saturated rings. The molecular weight excluding hydrogens is 348 g/mol. The average molecular weight is 378 g/mol. The first kappa shape index (κ1) is 19.9. The molecule has 3 rings (SSSR count). The van der Waals surface area contributed by atoms with Gasteiger partial charge in [0.05, 0.1) is 25.9 Å². The number of hydrogen-bond donors (Lipinski definition) is 0. The third kappa shape index (κ3) is 4.91. The minimum Gasteiger partial charge on any atom is -0.497 e. The monoisotopic (exact) mass is 378 g/mol. The summed E-state index contributed by atoms with van der Waals surface area (Å²) in [7, 11) is 6.81. The van der Waals surface area contributed by atoms with Crippen molar-refractivity contribution in [1.29, 1.82) is 0 Å². The first-order chi connectivity index (χ1) is 12.9. The fourth-order valence-corrected chi connectivity index (χ4v) is 3.76. The van der Waals surface area contributed by atoms with Crippen LogP contribution in [0.25, 0.3) is 0 Å². The third-order valence-electron chi connectivity index (χ3n) is 5.23.